The minimum absolute atomic E-state index is 0.0178. The molecule has 4 aromatic rings. The number of rotatable bonds is 11. The SMILES string of the molecule is Cc1ccc(S(=O)(=O)N(CC(=O)N(Cc2ccc(Cl)c(Cl)c2)[C@@H](Cc2ccccc2)C(=O)NC(C)(C)C)c2cc(C)cc(C)c2)cc1. The first-order chi connectivity index (χ1) is 22.0. The predicted molar refractivity (Wildman–Crippen MR) is 190 cm³/mol. The molecule has 0 radical (unpaired) electrons. The van der Waals surface area contributed by atoms with E-state index >= 15 is 0 Å². The van der Waals surface area contributed by atoms with E-state index in [2.05, 4.69) is 5.32 Å². The molecule has 4 rings (SSSR count). The molecule has 4 aromatic carbocycles. The fourth-order valence-electron chi connectivity index (χ4n) is 5.30. The second-order valence-corrected chi connectivity index (χ2v) is 15.6. The molecule has 0 spiro atoms. The fraction of sp³-hybridized carbons (Fsp3) is 0.297. The Bertz CT molecular complexity index is 1820. The Morgan fingerprint density at radius 2 is 1.38 bits per heavy atom. The molecule has 0 bridgehead atoms. The molecule has 248 valence electrons. The van der Waals surface area contributed by atoms with Crippen LogP contribution < -0.4 is 9.62 Å². The molecular weight excluding hydrogens is 653 g/mol. The van der Waals surface area contributed by atoms with E-state index in [4.69, 9.17) is 23.2 Å². The molecule has 1 N–H and O–H groups in total. The summed E-state index contributed by atoms with van der Waals surface area (Å²) < 4.78 is 29.7. The molecule has 0 saturated heterocycles. The summed E-state index contributed by atoms with van der Waals surface area (Å²) in [5.74, 6) is -0.926. The summed E-state index contributed by atoms with van der Waals surface area (Å²) in [5, 5.41) is 3.68. The number of amides is 2. The summed E-state index contributed by atoms with van der Waals surface area (Å²) in [6, 6.07) is 25.4. The van der Waals surface area contributed by atoms with Crippen molar-refractivity contribution < 1.29 is 18.0 Å². The van der Waals surface area contributed by atoms with Gasteiger partial charge in [-0.1, -0.05) is 83.4 Å². The van der Waals surface area contributed by atoms with Gasteiger partial charge in [-0.05, 0) is 100 Å². The summed E-state index contributed by atoms with van der Waals surface area (Å²) in [4.78, 5) is 30.2. The Morgan fingerprint density at radius 3 is 1.96 bits per heavy atom. The standard InChI is InChI=1S/C37H41Cl2N3O4S/c1-25-12-15-31(16-13-25)47(45,46)42(30-19-26(2)18-27(3)20-30)24-35(43)41(23-29-14-17-32(38)33(39)21-29)34(36(44)40-37(4,5)6)22-28-10-8-7-9-11-28/h7-21,34H,22-24H2,1-6H3,(H,40,44)/t34-/m0/s1. The average molecular weight is 695 g/mol. The van der Waals surface area contributed by atoms with Crippen molar-refractivity contribution in [2.45, 2.75) is 71.0 Å². The van der Waals surface area contributed by atoms with Gasteiger partial charge < -0.3 is 10.2 Å². The van der Waals surface area contributed by atoms with Crippen LogP contribution >= 0.6 is 23.2 Å². The summed E-state index contributed by atoms with van der Waals surface area (Å²) >= 11 is 12.6. The third kappa shape index (κ3) is 9.60. The van der Waals surface area contributed by atoms with Gasteiger partial charge in [0.05, 0.1) is 20.6 Å². The van der Waals surface area contributed by atoms with Crippen molar-refractivity contribution in [2.75, 3.05) is 10.8 Å². The van der Waals surface area contributed by atoms with Crippen molar-refractivity contribution in [3.05, 3.63) is 129 Å². The van der Waals surface area contributed by atoms with Crippen LogP contribution in [-0.4, -0.2) is 43.3 Å². The predicted octanol–water partition coefficient (Wildman–Crippen LogP) is 7.67. The van der Waals surface area contributed by atoms with Gasteiger partial charge in [-0.2, -0.15) is 0 Å². The van der Waals surface area contributed by atoms with E-state index in [1.54, 1.807) is 42.5 Å². The first-order valence-electron chi connectivity index (χ1n) is 15.3. The highest BCUT2D eigenvalue weighted by Crippen LogP contribution is 2.28. The Labute approximate surface area is 288 Å². The van der Waals surface area contributed by atoms with Gasteiger partial charge >= 0.3 is 0 Å². The topological polar surface area (TPSA) is 86.8 Å². The number of carbonyl (C=O) groups excluding carboxylic acids is 2. The summed E-state index contributed by atoms with van der Waals surface area (Å²) in [6.45, 7) is 10.7. The van der Waals surface area contributed by atoms with E-state index in [-0.39, 0.29) is 23.8 Å². The number of aryl methyl sites for hydroxylation is 3. The molecule has 2 amide bonds. The molecule has 0 aliphatic heterocycles. The third-order valence-corrected chi connectivity index (χ3v) is 10.0. The molecule has 0 saturated carbocycles. The Hall–Kier alpha value is -3.85. The number of hydrogen-bond donors (Lipinski definition) is 1. The lowest BCUT2D eigenvalue weighted by Gasteiger charge is -2.35. The van der Waals surface area contributed by atoms with Gasteiger partial charge in [0.25, 0.3) is 10.0 Å². The van der Waals surface area contributed by atoms with Crippen molar-refractivity contribution in [1.29, 1.82) is 0 Å². The molecule has 7 nitrogen and oxygen atoms in total. The molecule has 1 atom stereocenters. The number of halogens is 2. The lowest BCUT2D eigenvalue weighted by Crippen LogP contribution is -2.56. The lowest BCUT2D eigenvalue weighted by molar-refractivity contribution is -0.140. The lowest BCUT2D eigenvalue weighted by atomic mass is 10.0. The zero-order chi connectivity index (χ0) is 34.5. The zero-order valence-corrected chi connectivity index (χ0v) is 29.9. The molecule has 0 aliphatic rings. The van der Waals surface area contributed by atoms with Gasteiger partial charge in [-0.3, -0.25) is 13.9 Å². The molecule has 0 aliphatic carbocycles. The Kier molecular flexibility index (Phi) is 11.4. The number of nitrogens with zero attached hydrogens (tertiary/aromatic N) is 2. The quantitative estimate of drug-likeness (QED) is 0.175. The van der Waals surface area contributed by atoms with Crippen LogP contribution in [0.4, 0.5) is 5.69 Å². The first-order valence-corrected chi connectivity index (χ1v) is 17.5. The van der Waals surface area contributed by atoms with Crippen molar-refractivity contribution in [1.82, 2.24) is 10.2 Å². The molecule has 47 heavy (non-hydrogen) atoms. The van der Waals surface area contributed by atoms with Crippen LogP contribution in [0.5, 0.6) is 0 Å². The zero-order valence-electron chi connectivity index (χ0n) is 27.6. The maximum absolute atomic E-state index is 14.7. The molecule has 0 fully saturated rings. The number of sulfonamides is 1. The summed E-state index contributed by atoms with van der Waals surface area (Å²) in [7, 11) is -4.21. The van der Waals surface area contributed by atoms with Crippen LogP contribution in [0.3, 0.4) is 0 Å². The maximum atomic E-state index is 14.7. The van der Waals surface area contributed by atoms with Crippen molar-refractivity contribution in [3.63, 3.8) is 0 Å². The van der Waals surface area contributed by atoms with Gasteiger partial charge in [0.15, 0.2) is 0 Å². The molecule has 0 heterocycles. The van der Waals surface area contributed by atoms with Crippen LogP contribution in [0.15, 0.2) is 95.9 Å². The highest BCUT2D eigenvalue weighted by molar-refractivity contribution is 7.92. The average Bonchev–Trinajstić information content (AvgIpc) is 2.98. The Morgan fingerprint density at radius 1 is 0.766 bits per heavy atom. The van der Waals surface area contributed by atoms with E-state index in [0.29, 0.717) is 21.3 Å². The van der Waals surface area contributed by atoms with E-state index in [1.165, 1.54) is 17.0 Å². The maximum Gasteiger partial charge on any atom is 0.264 e. The van der Waals surface area contributed by atoms with Gasteiger partial charge in [-0.15, -0.1) is 0 Å². The monoisotopic (exact) mass is 693 g/mol. The summed E-state index contributed by atoms with van der Waals surface area (Å²) in [5.41, 5.74) is 3.82. The molecule has 0 unspecified atom stereocenters. The van der Waals surface area contributed by atoms with Crippen molar-refractivity contribution in [3.8, 4) is 0 Å². The minimum atomic E-state index is -4.21. The molecule has 10 heteroatoms. The Balaban J connectivity index is 1.86. The highest BCUT2D eigenvalue weighted by atomic mass is 35.5. The van der Waals surface area contributed by atoms with Crippen LogP contribution in [0.25, 0.3) is 0 Å². The minimum Gasteiger partial charge on any atom is -0.350 e. The van der Waals surface area contributed by atoms with Crippen LogP contribution in [0.1, 0.15) is 48.6 Å². The highest BCUT2D eigenvalue weighted by Gasteiger charge is 2.35. The van der Waals surface area contributed by atoms with E-state index in [1.807, 2.05) is 77.9 Å². The van der Waals surface area contributed by atoms with Gasteiger partial charge in [0.2, 0.25) is 11.8 Å². The second-order valence-electron chi connectivity index (χ2n) is 12.9. The third-order valence-electron chi connectivity index (χ3n) is 7.49. The van der Waals surface area contributed by atoms with E-state index < -0.39 is 34.1 Å². The van der Waals surface area contributed by atoms with Crippen LogP contribution in [-0.2, 0) is 32.6 Å². The number of hydrogen-bond acceptors (Lipinski definition) is 4. The molecule has 0 aromatic heterocycles. The van der Waals surface area contributed by atoms with Crippen LogP contribution in [0.2, 0.25) is 10.0 Å². The number of anilines is 1. The smallest absolute Gasteiger partial charge is 0.264 e. The van der Waals surface area contributed by atoms with E-state index in [9.17, 15) is 18.0 Å². The van der Waals surface area contributed by atoms with Crippen LogP contribution in [0, 0.1) is 20.8 Å². The van der Waals surface area contributed by atoms with Gasteiger partial charge in [-0.25, -0.2) is 8.42 Å². The second kappa shape index (κ2) is 14.9. The van der Waals surface area contributed by atoms with Crippen molar-refractivity contribution in [2.24, 2.45) is 0 Å². The van der Waals surface area contributed by atoms with E-state index in [0.717, 1.165) is 26.6 Å². The normalized spacial score (nSPS) is 12.3. The van der Waals surface area contributed by atoms with Gasteiger partial charge in [0.1, 0.15) is 12.6 Å². The number of benzene rings is 4. The molecular formula is C37H41Cl2N3O4S. The largest absolute Gasteiger partial charge is 0.350 e. The fourth-order valence-corrected chi connectivity index (χ4v) is 7.02. The summed E-state index contributed by atoms with van der Waals surface area (Å²) in [6.07, 6.45) is 0.198. The van der Waals surface area contributed by atoms with Gasteiger partial charge in [0, 0.05) is 18.5 Å². The first kappa shape index (κ1) is 36.0. The van der Waals surface area contributed by atoms with Crippen molar-refractivity contribution >= 4 is 50.7 Å². The number of nitrogens with one attached hydrogen (secondary N) is 1. The number of carbonyl (C=O) groups is 2.